The van der Waals surface area contributed by atoms with Crippen LogP contribution in [0, 0.1) is 11.6 Å². The molecular formula is C19H17F2N3O. The lowest BCUT2D eigenvalue weighted by Gasteiger charge is -2.19. The maximum atomic E-state index is 13.7. The molecule has 1 heterocycles. The average Bonchev–Trinajstić information content (AvgIpc) is 3.12. The number of nitrogens with zero attached hydrogens (tertiary/aromatic N) is 2. The molecular weight excluding hydrogens is 324 g/mol. The van der Waals surface area contributed by atoms with E-state index >= 15 is 0 Å². The number of urea groups is 1. The third-order valence-electron chi connectivity index (χ3n) is 3.77. The topological polar surface area (TPSA) is 37.3 Å². The summed E-state index contributed by atoms with van der Waals surface area (Å²) >= 11 is 0. The van der Waals surface area contributed by atoms with Gasteiger partial charge in [0, 0.05) is 49.0 Å². The highest BCUT2D eigenvalue weighted by atomic mass is 19.1. The van der Waals surface area contributed by atoms with Crippen LogP contribution in [0.25, 0.3) is 5.69 Å². The molecule has 4 nitrogen and oxygen atoms in total. The number of hydrogen-bond donors (Lipinski definition) is 1. The van der Waals surface area contributed by atoms with E-state index in [1.165, 1.54) is 17.0 Å². The number of nitrogens with one attached hydrogen (secondary N) is 1. The first kappa shape index (κ1) is 16.7. The van der Waals surface area contributed by atoms with Crippen LogP contribution in [-0.4, -0.2) is 22.5 Å². The molecule has 0 aliphatic rings. The van der Waals surface area contributed by atoms with Crippen molar-refractivity contribution in [3.8, 4) is 5.69 Å². The minimum Gasteiger partial charge on any atom is -0.324 e. The molecule has 1 N–H and O–H groups in total. The maximum absolute atomic E-state index is 13.7. The van der Waals surface area contributed by atoms with Crippen molar-refractivity contribution in [1.29, 1.82) is 0 Å². The SMILES string of the molecule is CN(Cc1ccc(F)cc1F)C(=O)Nc1cccc(-n2cccc2)c1. The Balaban J connectivity index is 1.68. The monoisotopic (exact) mass is 341 g/mol. The molecule has 1 aromatic heterocycles. The van der Waals surface area contributed by atoms with Gasteiger partial charge in [-0.15, -0.1) is 0 Å². The fourth-order valence-electron chi connectivity index (χ4n) is 2.45. The highest BCUT2D eigenvalue weighted by Gasteiger charge is 2.13. The Morgan fingerprint density at radius 3 is 2.56 bits per heavy atom. The predicted molar refractivity (Wildman–Crippen MR) is 92.6 cm³/mol. The number of aromatic nitrogens is 1. The fraction of sp³-hybridized carbons (Fsp3) is 0.105. The maximum Gasteiger partial charge on any atom is 0.321 e. The van der Waals surface area contributed by atoms with Gasteiger partial charge in [-0.2, -0.15) is 0 Å². The Morgan fingerprint density at radius 1 is 1.08 bits per heavy atom. The lowest BCUT2D eigenvalue weighted by Crippen LogP contribution is -2.31. The summed E-state index contributed by atoms with van der Waals surface area (Å²) in [6.07, 6.45) is 3.81. The number of rotatable bonds is 4. The first-order valence-electron chi connectivity index (χ1n) is 7.72. The summed E-state index contributed by atoms with van der Waals surface area (Å²) in [5.74, 6) is -1.32. The van der Waals surface area contributed by atoms with Crippen molar-refractivity contribution in [2.75, 3.05) is 12.4 Å². The molecule has 0 spiro atoms. The van der Waals surface area contributed by atoms with E-state index in [2.05, 4.69) is 5.32 Å². The Kier molecular flexibility index (Phi) is 4.79. The molecule has 2 amide bonds. The second kappa shape index (κ2) is 7.17. The minimum absolute atomic E-state index is 0.0369. The summed E-state index contributed by atoms with van der Waals surface area (Å²) in [4.78, 5) is 13.6. The van der Waals surface area contributed by atoms with Gasteiger partial charge in [0.15, 0.2) is 0 Å². The van der Waals surface area contributed by atoms with Gasteiger partial charge < -0.3 is 14.8 Å². The highest BCUT2D eigenvalue weighted by Crippen LogP contribution is 2.16. The van der Waals surface area contributed by atoms with E-state index in [4.69, 9.17) is 0 Å². The van der Waals surface area contributed by atoms with Gasteiger partial charge in [-0.25, -0.2) is 13.6 Å². The largest absolute Gasteiger partial charge is 0.324 e. The van der Waals surface area contributed by atoms with Gasteiger partial charge in [0.1, 0.15) is 11.6 Å². The zero-order chi connectivity index (χ0) is 17.8. The molecule has 2 aromatic carbocycles. The second-order valence-electron chi connectivity index (χ2n) is 5.66. The van der Waals surface area contributed by atoms with Gasteiger partial charge in [-0.1, -0.05) is 12.1 Å². The summed E-state index contributed by atoms with van der Waals surface area (Å²) in [6.45, 7) is 0.0369. The zero-order valence-electron chi connectivity index (χ0n) is 13.6. The van der Waals surface area contributed by atoms with E-state index in [9.17, 15) is 13.6 Å². The molecule has 0 aliphatic carbocycles. The van der Waals surface area contributed by atoms with Crippen LogP contribution in [0.2, 0.25) is 0 Å². The molecule has 0 saturated heterocycles. The molecule has 3 aromatic rings. The standard InChI is InChI=1S/C19H17F2N3O/c1-23(13-14-7-8-15(20)11-18(14)21)19(25)22-16-5-4-6-17(12-16)24-9-2-3-10-24/h2-12H,13H2,1H3,(H,22,25). The number of carbonyl (C=O) groups is 1. The lowest BCUT2D eigenvalue weighted by molar-refractivity contribution is 0.220. The molecule has 0 fully saturated rings. The van der Waals surface area contributed by atoms with Crippen molar-refractivity contribution in [2.45, 2.75) is 6.54 Å². The van der Waals surface area contributed by atoms with Gasteiger partial charge in [0.25, 0.3) is 0 Å². The van der Waals surface area contributed by atoms with Crippen LogP contribution in [0.15, 0.2) is 67.0 Å². The van der Waals surface area contributed by atoms with Gasteiger partial charge in [-0.05, 0) is 36.4 Å². The van der Waals surface area contributed by atoms with E-state index in [-0.39, 0.29) is 18.1 Å². The number of anilines is 1. The Hall–Kier alpha value is -3.15. The smallest absolute Gasteiger partial charge is 0.321 e. The van der Waals surface area contributed by atoms with E-state index in [1.807, 2.05) is 47.3 Å². The van der Waals surface area contributed by atoms with Crippen molar-refractivity contribution < 1.29 is 13.6 Å². The normalized spacial score (nSPS) is 10.5. The number of halogens is 2. The molecule has 3 rings (SSSR count). The van der Waals surface area contributed by atoms with Crippen LogP contribution in [-0.2, 0) is 6.54 Å². The lowest BCUT2D eigenvalue weighted by atomic mass is 10.2. The predicted octanol–water partition coefficient (Wildman–Crippen LogP) is 4.42. The average molecular weight is 341 g/mol. The first-order valence-corrected chi connectivity index (χ1v) is 7.72. The molecule has 0 atom stereocenters. The van der Waals surface area contributed by atoms with E-state index in [0.717, 1.165) is 11.8 Å². The van der Waals surface area contributed by atoms with Gasteiger partial charge in [-0.3, -0.25) is 0 Å². The second-order valence-corrected chi connectivity index (χ2v) is 5.66. The molecule has 128 valence electrons. The van der Waals surface area contributed by atoms with E-state index in [1.54, 1.807) is 13.1 Å². The van der Waals surface area contributed by atoms with Crippen molar-refractivity contribution in [1.82, 2.24) is 9.47 Å². The number of amides is 2. The van der Waals surface area contributed by atoms with Crippen molar-refractivity contribution in [2.24, 2.45) is 0 Å². The third-order valence-corrected chi connectivity index (χ3v) is 3.77. The van der Waals surface area contributed by atoms with Crippen molar-refractivity contribution in [3.63, 3.8) is 0 Å². The Labute approximate surface area is 144 Å². The van der Waals surface area contributed by atoms with Crippen LogP contribution < -0.4 is 5.32 Å². The number of benzene rings is 2. The summed E-state index contributed by atoms with van der Waals surface area (Å²) in [5.41, 5.74) is 1.79. The fourth-order valence-corrected chi connectivity index (χ4v) is 2.45. The quantitative estimate of drug-likeness (QED) is 0.749. The molecule has 0 aliphatic heterocycles. The van der Waals surface area contributed by atoms with Crippen LogP contribution in [0.4, 0.5) is 19.3 Å². The highest BCUT2D eigenvalue weighted by molar-refractivity contribution is 5.89. The molecule has 6 heteroatoms. The molecule has 25 heavy (non-hydrogen) atoms. The van der Waals surface area contributed by atoms with Gasteiger partial charge in [0.05, 0.1) is 0 Å². The van der Waals surface area contributed by atoms with E-state index < -0.39 is 11.6 Å². The Morgan fingerprint density at radius 2 is 1.84 bits per heavy atom. The summed E-state index contributed by atoms with van der Waals surface area (Å²) < 4.78 is 28.6. The third kappa shape index (κ3) is 4.03. The van der Waals surface area contributed by atoms with Crippen LogP contribution >= 0.6 is 0 Å². The van der Waals surface area contributed by atoms with Gasteiger partial charge in [0.2, 0.25) is 0 Å². The molecule has 0 unspecified atom stereocenters. The summed E-state index contributed by atoms with van der Waals surface area (Å²) in [6, 6.07) is 14.1. The summed E-state index contributed by atoms with van der Waals surface area (Å²) in [7, 11) is 1.55. The first-order chi connectivity index (χ1) is 12.0. The Bertz CT molecular complexity index is 878. The van der Waals surface area contributed by atoms with Crippen LogP contribution in [0.5, 0.6) is 0 Å². The van der Waals surface area contributed by atoms with Crippen molar-refractivity contribution >= 4 is 11.7 Å². The van der Waals surface area contributed by atoms with Crippen LogP contribution in [0.1, 0.15) is 5.56 Å². The molecule has 0 bridgehead atoms. The van der Waals surface area contributed by atoms with E-state index in [0.29, 0.717) is 5.69 Å². The number of carbonyl (C=O) groups excluding carboxylic acids is 1. The van der Waals surface area contributed by atoms with Gasteiger partial charge >= 0.3 is 6.03 Å². The van der Waals surface area contributed by atoms with Crippen molar-refractivity contribution in [3.05, 3.63) is 84.2 Å². The zero-order valence-corrected chi connectivity index (χ0v) is 13.6. The molecule has 0 saturated carbocycles. The minimum atomic E-state index is -0.672. The number of hydrogen-bond acceptors (Lipinski definition) is 1. The molecule has 0 radical (unpaired) electrons. The summed E-state index contributed by atoms with van der Waals surface area (Å²) in [5, 5.41) is 2.77. The van der Waals surface area contributed by atoms with Crippen LogP contribution in [0.3, 0.4) is 0 Å².